The van der Waals surface area contributed by atoms with Crippen molar-refractivity contribution in [1.82, 2.24) is 5.32 Å². The molecular formula is C21H21NO5. The van der Waals surface area contributed by atoms with Crippen LogP contribution in [-0.2, 0) is 14.3 Å². The summed E-state index contributed by atoms with van der Waals surface area (Å²) in [6, 6.07) is 16.1. The van der Waals surface area contributed by atoms with Crippen LogP contribution in [0.1, 0.15) is 17.0 Å². The number of benzene rings is 2. The number of rotatable bonds is 7. The molecule has 0 bridgehead atoms. The van der Waals surface area contributed by atoms with Crippen LogP contribution in [-0.4, -0.2) is 43.0 Å². The predicted molar refractivity (Wildman–Crippen MR) is 100 cm³/mol. The monoisotopic (exact) mass is 367 g/mol. The molecule has 6 heteroatoms. The minimum atomic E-state index is -1.45. The first-order chi connectivity index (χ1) is 13.1. The minimum absolute atomic E-state index is 0.000831. The van der Waals surface area contributed by atoms with Gasteiger partial charge < -0.3 is 19.9 Å². The normalized spacial score (nSPS) is 13.2. The molecule has 2 N–H and O–H groups in total. The fraction of sp³-hybridized carbons (Fsp3) is 0.238. The molecule has 1 atom stereocenters. The van der Waals surface area contributed by atoms with Gasteiger partial charge in [0.05, 0.1) is 6.54 Å². The first-order valence-electron chi connectivity index (χ1n) is 8.66. The summed E-state index contributed by atoms with van der Waals surface area (Å²) < 4.78 is 10.0. The predicted octanol–water partition coefficient (Wildman–Crippen LogP) is 2.62. The Bertz CT molecular complexity index is 802. The minimum Gasteiger partial charge on any atom is -0.460 e. The third kappa shape index (κ3) is 4.17. The van der Waals surface area contributed by atoms with Crippen molar-refractivity contribution in [3.05, 3.63) is 72.3 Å². The average molecular weight is 367 g/mol. The van der Waals surface area contributed by atoms with Gasteiger partial charge in [0.1, 0.15) is 13.2 Å². The van der Waals surface area contributed by atoms with Crippen LogP contribution >= 0.6 is 0 Å². The van der Waals surface area contributed by atoms with Gasteiger partial charge in [-0.2, -0.15) is 0 Å². The Morgan fingerprint density at radius 2 is 1.67 bits per heavy atom. The number of hydrogen-bond acceptors (Lipinski definition) is 5. The van der Waals surface area contributed by atoms with Gasteiger partial charge in [0.2, 0.25) is 0 Å². The maximum absolute atomic E-state index is 12.0. The maximum Gasteiger partial charge on any atom is 0.407 e. The summed E-state index contributed by atoms with van der Waals surface area (Å²) in [7, 11) is 0. The van der Waals surface area contributed by atoms with E-state index in [4.69, 9.17) is 9.47 Å². The molecule has 2 aromatic carbocycles. The van der Waals surface area contributed by atoms with Crippen LogP contribution < -0.4 is 5.32 Å². The Balaban J connectivity index is 1.56. The molecule has 0 saturated carbocycles. The molecule has 0 aliphatic heterocycles. The lowest BCUT2D eigenvalue weighted by atomic mass is 9.98. The second-order valence-corrected chi connectivity index (χ2v) is 6.14. The molecule has 140 valence electrons. The van der Waals surface area contributed by atoms with Crippen molar-refractivity contribution in [3.8, 4) is 11.1 Å². The highest BCUT2D eigenvalue weighted by Crippen LogP contribution is 2.44. The quantitative estimate of drug-likeness (QED) is 0.580. The second-order valence-electron chi connectivity index (χ2n) is 6.14. The summed E-state index contributed by atoms with van der Waals surface area (Å²) in [5, 5.41) is 12.0. The van der Waals surface area contributed by atoms with Gasteiger partial charge in [-0.15, -0.1) is 0 Å². The standard InChI is InChI=1S/C21H21NO5/c1-2-11-26-20(24)19(23)12-22-21(25)27-13-18-16-9-5-3-7-14(16)15-8-4-6-10-17(15)18/h2-10,18-19,23H,1,11-13H2,(H,22,25). The number of ether oxygens (including phenoxy) is 2. The summed E-state index contributed by atoms with van der Waals surface area (Å²) in [4.78, 5) is 23.4. The van der Waals surface area contributed by atoms with Crippen LogP contribution in [0.15, 0.2) is 61.2 Å². The number of alkyl carbamates (subject to hydrolysis) is 1. The van der Waals surface area contributed by atoms with Crippen molar-refractivity contribution in [3.63, 3.8) is 0 Å². The number of fused-ring (bicyclic) bond motifs is 3. The molecule has 6 nitrogen and oxygen atoms in total. The van der Waals surface area contributed by atoms with Crippen LogP contribution in [0, 0.1) is 0 Å². The van der Waals surface area contributed by atoms with Crippen LogP contribution in [0.5, 0.6) is 0 Å². The van der Waals surface area contributed by atoms with Gasteiger partial charge in [-0.3, -0.25) is 0 Å². The fourth-order valence-electron chi connectivity index (χ4n) is 3.15. The second kappa shape index (κ2) is 8.51. The zero-order valence-electron chi connectivity index (χ0n) is 14.8. The third-order valence-corrected chi connectivity index (χ3v) is 4.40. The summed E-state index contributed by atoms with van der Waals surface area (Å²) in [5.41, 5.74) is 4.50. The van der Waals surface area contributed by atoms with E-state index in [0.29, 0.717) is 0 Å². The molecule has 1 aliphatic rings. The number of hydrogen-bond donors (Lipinski definition) is 2. The van der Waals surface area contributed by atoms with Crippen molar-refractivity contribution in [2.45, 2.75) is 12.0 Å². The lowest BCUT2D eigenvalue weighted by molar-refractivity contribution is -0.151. The van der Waals surface area contributed by atoms with E-state index in [9.17, 15) is 14.7 Å². The number of esters is 1. The van der Waals surface area contributed by atoms with Crippen LogP contribution in [0.25, 0.3) is 11.1 Å². The van der Waals surface area contributed by atoms with Crippen molar-refractivity contribution in [1.29, 1.82) is 0 Å². The SMILES string of the molecule is C=CCOC(=O)C(O)CNC(=O)OCC1c2ccccc2-c2ccccc21. The summed E-state index contributed by atoms with van der Waals surface area (Å²) in [6.07, 6.45) is -0.762. The van der Waals surface area contributed by atoms with Gasteiger partial charge >= 0.3 is 12.1 Å². The van der Waals surface area contributed by atoms with Gasteiger partial charge in [0.15, 0.2) is 6.10 Å². The number of nitrogens with one attached hydrogen (secondary N) is 1. The van der Waals surface area contributed by atoms with E-state index in [1.165, 1.54) is 6.08 Å². The molecule has 0 saturated heterocycles. The third-order valence-electron chi connectivity index (χ3n) is 4.40. The zero-order chi connectivity index (χ0) is 19.2. The lowest BCUT2D eigenvalue weighted by Gasteiger charge is -2.15. The van der Waals surface area contributed by atoms with E-state index < -0.39 is 18.2 Å². The molecular weight excluding hydrogens is 346 g/mol. The highest BCUT2D eigenvalue weighted by Gasteiger charge is 2.29. The highest BCUT2D eigenvalue weighted by atomic mass is 16.6. The highest BCUT2D eigenvalue weighted by molar-refractivity contribution is 5.79. The van der Waals surface area contributed by atoms with Crippen LogP contribution in [0.4, 0.5) is 4.79 Å². The number of aliphatic hydroxyl groups is 1. The molecule has 0 fully saturated rings. The number of amides is 1. The Morgan fingerprint density at radius 1 is 1.07 bits per heavy atom. The number of carbonyl (C=O) groups excluding carboxylic acids is 2. The zero-order valence-corrected chi connectivity index (χ0v) is 14.8. The molecule has 2 aromatic rings. The smallest absolute Gasteiger partial charge is 0.407 e. The van der Waals surface area contributed by atoms with Gasteiger partial charge in [-0.25, -0.2) is 9.59 Å². The molecule has 0 radical (unpaired) electrons. The van der Waals surface area contributed by atoms with Gasteiger partial charge in [0.25, 0.3) is 0 Å². The molecule has 0 spiro atoms. The summed E-state index contributed by atoms with van der Waals surface area (Å²) in [5.74, 6) is -0.875. The van der Waals surface area contributed by atoms with E-state index >= 15 is 0 Å². The molecule has 0 aromatic heterocycles. The van der Waals surface area contributed by atoms with E-state index in [0.717, 1.165) is 22.3 Å². The van der Waals surface area contributed by atoms with Gasteiger partial charge in [-0.1, -0.05) is 61.2 Å². The largest absolute Gasteiger partial charge is 0.460 e. The first-order valence-corrected chi connectivity index (χ1v) is 8.66. The lowest BCUT2D eigenvalue weighted by Crippen LogP contribution is -2.38. The Kier molecular flexibility index (Phi) is 5.88. The van der Waals surface area contributed by atoms with E-state index in [2.05, 4.69) is 24.0 Å². The first kappa shape index (κ1) is 18.7. The summed E-state index contributed by atoms with van der Waals surface area (Å²) in [6.45, 7) is 3.29. The molecule has 0 heterocycles. The Labute approximate surface area is 157 Å². The average Bonchev–Trinajstić information content (AvgIpc) is 3.02. The van der Waals surface area contributed by atoms with Crippen molar-refractivity contribution < 1.29 is 24.2 Å². The number of aliphatic hydroxyl groups excluding tert-OH is 1. The van der Waals surface area contributed by atoms with Crippen molar-refractivity contribution >= 4 is 12.1 Å². The maximum atomic E-state index is 12.0. The van der Waals surface area contributed by atoms with E-state index in [1.54, 1.807) is 0 Å². The Hall–Kier alpha value is -3.12. The molecule has 1 aliphatic carbocycles. The van der Waals surface area contributed by atoms with Gasteiger partial charge in [0, 0.05) is 5.92 Å². The van der Waals surface area contributed by atoms with E-state index in [1.807, 2.05) is 36.4 Å². The van der Waals surface area contributed by atoms with Crippen molar-refractivity contribution in [2.75, 3.05) is 19.8 Å². The molecule has 27 heavy (non-hydrogen) atoms. The molecule has 3 rings (SSSR count). The van der Waals surface area contributed by atoms with E-state index in [-0.39, 0.29) is 25.7 Å². The summed E-state index contributed by atoms with van der Waals surface area (Å²) >= 11 is 0. The fourth-order valence-corrected chi connectivity index (χ4v) is 3.15. The topological polar surface area (TPSA) is 84.9 Å². The van der Waals surface area contributed by atoms with Crippen LogP contribution in [0.2, 0.25) is 0 Å². The molecule has 1 amide bonds. The van der Waals surface area contributed by atoms with Crippen molar-refractivity contribution in [2.24, 2.45) is 0 Å². The molecule has 1 unspecified atom stereocenters. The van der Waals surface area contributed by atoms with Crippen LogP contribution in [0.3, 0.4) is 0 Å². The Morgan fingerprint density at radius 3 is 2.26 bits per heavy atom. The van der Waals surface area contributed by atoms with Gasteiger partial charge in [-0.05, 0) is 22.3 Å². The number of carbonyl (C=O) groups is 2.